The first-order valence-corrected chi connectivity index (χ1v) is 7.07. The molecule has 20 heavy (non-hydrogen) atoms. The number of piperidine rings is 1. The predicted octanol–water partition coefficient (Wildman–Crippen LogP) is 2.32. The molecule has 1 saturated heterocycles. The number of rotatable bonds is 6. The van der Waals surface area contributed by atoms with Crippen LogP contribution >= 0.6 is 0 Å². The lowest BCUT2D eigenvalue weighted by Gasteiger charge is -2.26. The van der Waals surface area contributed by atoms with Gasteiger partial charge in [0.15, 0.2) is 0 Å². The van der Waals surface area contributed by atoms with Crippen molar-refractivity contribution in [3.8, 4) is 5.75 Å². The molecule has 0 bridgehead atoms. The highest BCUT2D eigenvalue weighted by Crippen LogP contribution is 2.26. The molecule has 0 atom stereocenters. The van der Waals surface area contributed by atoms with Crippen molar-refractivity contribution in [1.82, 2.24) is 4.90 Å². The van der Waals surface area contributed by atoms with E-state index >= 15 is 0 Å². The average molecular weight is 280 g/mol. The lowest BCUT2D eigenvalue weighted by Crippen LogP contribution is -2.31. The van der Waals surface area contributed by atoms with E-state index < -0.39 is 0 Å². The Balaban J connectivity index is 1.76. The molecule has 0 radical (unpaired) electrons. The SMILES string of the molecule is Nc1ccc(OCCCN2CCCCC2)cc1[N+](=O)O. The summed E-state index contributed by atoms with van der Waals surface area (Å²) in [6.45, 7) is 3.99. The Hall–Kier alpha value is -1.82. The topological polar surface area (TPSA) is 78.8 Å². The fraction of sp³-hybridized carbons (Fsp3) is 0.571. The smallest absolute Gasteiger partial charge is 0.342 e. The zero-order valence-corrected chi connectivity index (χ0v) is 11.6. The largest absolute Gasteiger partial charge is 0.493 e. The molecule has 0 amide bonds. The summed E-state index contributed by atoms with van der Waals surface area (Å²) in [4.78, 5) is 13.1. The summed E-state index contributed by atoms with van der Waals surface area (Å²) >= 11 is 0. The van der Waals surface area contributed by atoms with Crippen molar-refractivity contribution in [3.63, 3.8) is 0 Å². The summed E-state index contributed by atoms with van der Waals surface area (Å²) in [6, 6.07) is 4.70. The zero-order chi connectivity index (χ0) is 14.4. The molecule has 1 aromatic rings. The molecule has 1 fully saturated rings. The summed E-state index contributed by atoms with van der Waals surface area (Å²) in [5.41, 5.74) is 5.82. The monoisotopic (exact) mass is 280 g/mol. The van der Waals surface area contributed by atoms with Crippen LogP contribution in [0.25, 0.3) is 0 Å². The quantitative estimate of drug-likeness (QED) is 0.475. The minimum atomic E-state index is -0.240. The van der Waals surface area contributed by atoms with Gasteiger partial charge in [-0.2, -0.15) is 0 Å². The Labute approximate surface area is 118 Å². The highest BCUT2D eigenvalue weighted by molar-refractivity contribution is 5.60. The number of nitrogen functional groups attached to an aromatic ring is 1. The zero-order valence-electron chi connectivity index (χ0n) is 11.6. The van der Waals surface area contributed by atoms with E-state index in [1.165, 1.54) is 38.4 Å². The fourth-order valence-electron chi connectivity index (χ4n) is 2.44. The van der Waals surface area contributed by atoms with E-state index in [0.717, 1.165) is 13.0 Å². The third-order valence-electron chi connectivity index (χ3n) is 3.54. The van der Waals surface area contributed by atoms with Crippen LogP contribution in [-0.2, 0) is 0 Å². The number of nitrogens with zero attached hydrogens (tertiary/aromatic N) is 2. The molecule has 6 heteroatoms. The van der Waals surface area contributed by atoms with Gasteiger partial charge in [-0.25, -0.2) is 5.21 Å². The van der Waals surface area contributed by atoms with Crippen LogP contribution in [0.2, 0.25) is 0 Å². The van der Waals surface area contributed by atoms with Crippen LogP contribution in [0.3, 0.4) is 0 Å². The third kappa shape index (κ3) is 4.09. The number of hydrogen-bond donors (Lipinski definition) is 2. The summed E-state index contributed by atoms with van der Waals surface area (Å²) in [5, 5.41) is 8.91. The Morgan fingerprint density at radius 3 is 2.75 bits per heavy atom. The maximum atomic E-state index is 10.9. The van der Waals surface area contributed by atoms with Crippen LogP contribution in [0, 0.1) is 4.91 Å². The van der Waals surface area contributed by atoms with Crippen molar-refractivity contribution in [1.29, 1.82) is 0 Å². The Morgan fingerprint density at radius 2 is 2.05 bits per heavy atom. The number of likely N-dealkylation sites (tertiary alicyclic amines) is 1. The van der Waals surface area contributed by atoms with E-state index in [0.29, 0.717) is 12.4 Å². The second-order valence-electron chi connectivity index (χ2n) is 5.10. The van der Waals surface area contributed by atoms with Gasteiger partial charge in [-0.15, -0.1) is 0 Å². The number of anilines is 1. The normalized spacial score (nSPS) is 16.0. The second-order valence-corrected chi connectivity index (χ2v) is 5.10. The van der Waals surface area contributed by atoms with E-state index in [-0.39, 0.29) is 16.3 Å². The lowest BCUT2D eigenvalue weighted by molar-refractivity contribution is -0.729. The fourth-order valence-corrected chi connectivity index (χ4v) is 2.44. The van der Waals surface area contributed by atoms with Gasteiger partial charge in [0.1, 0.15) is 11.4 Å². The molecule has 0 unspecified atom stereocenters. The molecule has 3 N–H and O–H groups in total. The summed E-state index contributed by atoms with van der Waals surface area (Å²) < 4.78 is 5.58. The molecule has 1 aliphatic rings. The highest BCUT2D eigenvalue weighted by atomic mass is 16.6. The molecule has 110 valence electrons. The van der Waals surface area contributed by atoms with Crippen molar-refractivity contribution in [2.75, 3.05) is 32.0 Å². The highest BCUT2D eigenvalue weighted by Gasteiger charge is 2.17. The van der Waals surface area contributed by atoms with E-state index in [1.54, 1.807) is 12.1 Å². The third-order valence-corrected chi connectivity index (χ3v) is 3.54. The minimum absolute atomic E-state index is 0.0125. The van der Waals surface area contributed by atoms with Gasteiger partial charge in [-0.05, 0) is 44.5 Å². The molecule has 0 aromatic heterocycles. The van der Waals surface area contributed by atoms with Crippen LogP contribution < -0.4 is 10.5 Å². The Morgan fingerprint density at radius 1 is 1.30 bits per heavy atom. The van der Waals surface area contributed by atoms with E-state index in [2.05, 4.69) is 4.90 Å². The Bertz CT molecular complexity index is 459. The van der Waals surface area contributed by atoms with Gasteiger partial charge in [-0.1, -0.05) is 6.42 Å². The second kappa shape index (κ2) is 7.09. The van der Waals surface area contributed by atoms with Gasteiger partial charge in [0.25, 0.3) is 4.92 Å². The molecule has 0 aliphatic carbocycles. The molecule has 0 saturated carbocycles. The van der Waals surface area contributed by atoms with Gasteiger partial charge in [0.2, 0.25) is 0 Å². The van der Waals surface area contributed by atoms with E-state index in [9.17, 15) is 4.91 Å². The van der Waals surface area contributed by atoms with Crippen LogP contribution in [0.5, 0.6) is 5.75 Å². The molecule has 2 rings (SSSR count). The van der Waals surface area contributed by atoms with Gasteiger partial charge in [0.05, 0.1) is 17.6 Å². The first-order valence-electron chi connectivity index (χ1n) is 7.07. The lowest BCUT2D eigenvalue weighted by atomic mass is 10.1. The van der Waals surface area contributed by atoms with Crippen molar-refractivity contribution in [2.24, 2.45) is 0 Å². The van der Waals surface area contributed by atoms with Crippen LogP contribution in [0.4, 0.5) is 11.4 Å². The summed E-state index contributed by atoms with van der Waals surface area (Å²) in [5.74, 6) is 0.544. The first-order chi connectivity index (χ1) is 9.66. The number of hydrogen-bond acceptors (Lipinski definition) is 4. The number of benzene rings is 1. The van der Waals surface area contributed by atoms with E-state index in [4.69, 9.17) is 15.7 Å². The van der Waals surface area contributed by atoms with Gasteiger partial charge >= 0.3 is 5.69 Å². The first kappa shape index (κ1) is 14.6. The molecule has 6 nitrogen and oxygen atoms in total. The van der Waals surface area contributed by atoms with E-state index in [1.807, 2.05) is 0 Å². The summed E-state index contributed by atoms with van der Waals surface area (Å²) in [7, 11) is 0. The maximum absolute atomic E-state index is 10.9. The molecule has 1 heterocycles. The standard InChI is InChI=1S/C14H22N3O3/c15-13-6-5-12(11-14(13)17(18)19)20-10-4-9-16-7-2-1-3-8-16/h5-6,11H,1-4,7-10,15H2,(H,18,19)/q+1. The van der Waals surface area contributed by atoms with Crippen LogP contribution in [0.15, 0.2) is 18.2 Å². The average Bonchev–Trinajstić information content (AvgIpc) is 2.46. The van der Waals surface area contributed by atoms with Crippen molar-refractivity contribution in [2.45, 2.75) is 25.7 Å². The molecule has 1 aromatic carbocycles. The molecular weight excluding hydrogens is 258 g/mol. The van der Waals surface area contributed by atoms with Crippen molar-refractivity contribution in [3.05, 3.63) is 23.1 Å². The minimum Gasteiger partial charge on any atom is -0.493 e. The molecular formula is C14H22N3O3+. The number of nitrogens with two attached hydrogens (primary N) is 1. The Kier molecular flexibility index (Phi) is 5.17. The maximum Gasteiger partial charge on any atom is 0.342 e. The molecule has 1 aliphatic heterocycles. The van der Waals surface area contributed by atoms with Crippen LogP contribution in [-0.4, -0.2) is 41.3 Å². The van der Waals surface area contributed by atoms with Crippen molar-refractivity contribution >= 4 is 11.4 Å². The van der Waals surface area contributed by atoms with Gasteiger partial charge in [0, 0.05) is 6.54 Å². The predicted molar refractivity (Wildman–Crippen MR) is 76.3 cm³/mol. The van der Waals surface area contributed by atoms with Gasteiger partial charge in [-0.3, -0.25) is 0 Å². The van der Waals surface area contributed by atoms with Gasteiger partial charge < -0.3 is 15.4 Å². The summed E-state index contributed by atoms with van der Waals surface area (Å²) in [6.07, 6.45) is 4.87. The molecule has 0 spiro atoms. The number of ether oxygens (including phenoxy) is 1. The van der Waals surface area contributed by atoms with Crippen molar-refractivity contribution < 1.29 is 14.9 Å². The van der Waals surface area contributed by atoms with Crippen LogP contribution in [0.1, 0.15) is 25.7 Å².